The molecule has 0 unspecified atom stereocenters. The fraction of sp³-hybridized carbons (Fsp3) is 0.348. The molecule has 10 heteroatoms. The summed E-state index contributed by atoms with van der Waals surface area (Å²) in [6, 6.07) is 15.9. The maximum atomic E-state index is 12.7. The van der Waals surface area contributed by atoms with Crippen molar-refractivity contribution in [1.82, 2.24) is 19.7 Å². The number of hydrogen-bond donors (Lipinski definition) is 0. The molecule has 2 aromatic carbocycles. The van der Waals surface area contributed by atoms with E-state index in [0.29, 0.717) is 21.6 Å². The number of rotatable bonds is 8. The predicted octanol–water partition coefficient (Wildman–Crippen LogP) is 5.00. The van der Waals surface area contributed by atoms with Gasteiger partial charge in [0.15, 0.2) is 5.16 Å². The lowest BCUT2D eigenvalue weighted by atomic mass is 10.2. The number of hydrogen-bond acceptors (Lipinski definition) is 6. The van der Waals surface area contributed by atoms with Crippen LogP contribution >= 0.6 is 46.7 Å². The van der Waals surface area contributed by atoms with Crippen LogP contribution in [-0.4, -0.2) is 57.5 Å². The summed E-state index contributed by atoms with van der Waals surface area (Å²) in [6.45, 7) is 3.18. The van der Waals surface area contributed by atoms with E-state index in [1.165, 1.54) is 17.4 Å². The molecule has 0 atom stereocenters. The number of carbonyl (C=O) groups is 1. The van der Waals surface area contributed by atoms with Crippen LogP contribution in [0.1, 0.15) is 11.4 Å². The zero-order chi connectivity index (χ0) is 23.2. The molecule has 174 valence electrons. The number of nitrogens with zero attached hydrogens (tertiary/aromatic N) is 5. The lowest BCUT2D eigenvalue weighted by Gasteiger charge is -2.36. The van der Waals surface area contributed by atoms with E-state index in [1.54, 1.807) is 17.8 Å². The van der Waals surface area contributed by atoms with E-state index < -0.39 is 0 Å². The highest BCUT2D eigenvalue weighted by Gasteiger charge is 2.22. The molecular weight excluding hydrogens is 497 g/mol. The Balaban J connectivity index is 1.22. The molecule has 3 aromatic rings. The Bertz CT molecular complexity index is 1090. The quantitative estimate of drug-likeness (QED) is 0.389. The largest absolute Gasteiger partial charge is 0.368 e. The summed E-state index contributed by atoms with van der Waals surface area (Å²) >= 11 is 15.4. The molecule has 0 bridgehead atoms. The van der Waals surface area contributed by atoms with E-state index in [9.17, 15) is 4.79 Å². The molecule has 4 rings (SSSR count). The van der Waals surface area contributed by atoms with Gasteiger partial charge >= 0.3 is 0 Å². The van der Waals surface area contributed by atoms with Gasteiger partial charge in [-0.3, -0.25) is 4.79 Å². The van der Waals surface area contributed by atoms with E-state index >= 15 is 0 Å². The molecular formula is C23H25Cl2N5OS2. The van der Waals surface area contributed by atoms with Gasteiger partial charge < -0.3 is 14.4 Å². The van der Waals surface area contributed by atoms with Gasteiger partial charge in [0, 0.05) is 54.7 Å². The zero-order valence-electron chi connectivity index (χ0n) is 18.3. The highest BCUT2D eigenvalue weighted by Crippen LogP contribution is 2.27. The predicted molar refractivity (Wildman–Crippen MR) is 138 cm³/mol. The van der Waals surface area contributed by atoms with Crippen molar-refractivity contribution in [3.8, 4) is 0 Å². The van der Waals surface area contributed by atoms with Crippen LogP contribution in [0.2, 0.25) is 10.0 Å². The average Bonchev–Trinajstić information content (AvgIpc) is 3.19. The van der Waals surface area contributed by atoms with Crippen LogP contribution in [0.3, 0.4) is 0 Å². The molecule has 0 saturated carbocycles. The Hall–Kier alpha value is -1.87. The third-order valence-electron chi connectivity index (χ3n) is 5.51. The molecule has 1 saturated heterocycles. The van der Waals surface area contributed by atoms with Crippen LogP contribution in [0.25, 0.3) is 0 Å². The van der Waals surface area contributed by atoms with Gasteiger partial charge in [-0.15, -0.1) is 22.0 Å². The van der Waals surface area contributed by atoms with Crippen molar-refractivity contribution in [2.45, 2.75) is 16.7 Å². The normalized spacial score (nSPS) is 14.0. The second-order valence-corrected chi connectivity index (χ2v) is 10.5. The lowest BCUT2D eigenvalue weighted by molar-refractivity contribution is -0.128. The summed E-state index contributed by atoms with van der Waals surface area (Å²) in [4.78, 5) is 17.0. The number of carbonyl (C=O) groups excluding carboxylic acids is 1. The van der Waals surface area contributed by atoms with Crippen LogP contribution < -0.4 is 4.90 Å². The number of amides is 1. The fourth-order valence-electron chi connectivity index (χ4n) is 3.56. The Labute approximate surface area is 212 Å². The second kappa shape index (κ2) is 11.5. The smallest absolute Gasteiger partial charge is 0.233 e. The van der Waals surface area contributed by atoms with Crippen LogP contribution in [0.15, 0.2) is 53.7 Å². The monoisotopic (exact) mass is 521 g/mol. The summed E-state index contributed by atoms with van der Waals surface area (Å²) < 4.78 is 1.96. The zero-order valence-corrected chi connectivity index (χ0v) is 21.4. The summed E-state index contributed by atoms with van der Waals surface area (Å²) in [6.07, 6.45) is 0. The molecule has 0 spiro atoms. The maximum Gasteiger partial charge on any atom is 0.233 e. The summed E-state index contributed by atoms with van der Waals surface area (Å²) in [5.74, 6) is 2.85. The molecule has 1 fully saturated rings. The summed E-state index contributed by atoms with van der Waals surface area (Å²) in [5, 5.41) is 10.6. The second-order valence-electron chi connectivity index (χ2n) is 7.68. The first kappa shape index (κ1) is 24.3. The number of piperazine rings is 1. The van der Waals surface area contributed by atoms with E-state index in [-0.39, 0.29) is 5.91 Å². The number of thioether (sulfide) groups is 2. The van der Waals surface area contributed by atoms with Crippen LogP contribution in [0.4, 0.5) is 5.69 Å². The number of benzene rings is 2. The van der Waals surface area contributed by atoms with Crippen molar-refractivity contribution in [3.63, 3.8) is 0 Å². The number of halogens is 2. The Kier molecular flexibility index (Phi) is 8.46. The third kappa shape index (κ3) is 6.38. The van der Waals surface area contributed by atoms with Crippen molar-refractivity contribution in [2.24, 2.45) is 7.05 Å². The highest BCUT2D eigenvalue weighted by molar-refractivity contribution is 7.99. The minimum absolute atomic E-state index is 0.143. The maximum absolute atomic E-state index is 12.7. The van der Waals surface area contributed by atoms with Crippen molar-refractivity contribution in [2.75, 3.05) is 36.8 Å². The number of para-hydroxylation sites is 1. The summed E-state index contributed by atoms with van der Waals surface area (Å²) in [7, 11) is 1.94. The van der Waals surface area contributed by atoms with E-state index in [2.05, 4.69) is 27.2 Å². The highest BCUT2D eigenvalue weighted by atomic mass is 35.5. The van der Waals surface area contributed by atoms with Gasteiger partial charge in [-0.05, 0) is 29.8 Å². The third-order valence-corrected chi connectivity index (χ3v) is 8.08. The van der Waals surface area contributed by atoms with Crippen molar-refractivity contribution >= 4 is 58.3 Å². The molecule has 6 nitrogen and oxygen atoms in total. The SMILES string of the molecule is Cn1c(CSCc2ccc(Cl)cc2Cl)nnc1SCC(=O)N1CCN(c2ccccc2)CC1. The average molecular weight is 523 g/mol. The van der Waals surface area contributed by atoms with Gasteiger partial charge in [0.05, 0.1) is 11.5 Å². The number of anilines is 1. The lowest BCUT2D eigenvalue weighted by Crippen LogP contribution is -2.49. The molecule has 0 radical (unpaired) electrons. The van der Waals surface area contributed by atoms with E-state index in [0.717, 1.165) is 48.5 Å². The van der Waals surface area contributed by atoms with Gasteiger partial charge in [-0.25, -0.2) is 0 Å². The minimum atomic E-state index is 0.143. The number of aromatic nitrogens is 3. The Morgan fingerprint density at radius 3 is 2.48 bits per heavy atom. The first-order chi connectivity index (χ1) is 16.0. The molecule has 0 N–H and O–H groups in total. The molecule has 1 aliphatic rings. The molecule has 1 aliphatic heterocycles. The van der Waals surface area contributed by atoms with E-state index in [4.69, 9.17) is 23.2 Å². The van der Waals surface area contributed by atoms with Crippen LogP contribution in [0.5, 0.6) is 0 Å². The Morgan fingerprint density at radius 2 is 1.76 bits per heavy atom. The Morgan fingerprint density at radius 1 is 1.00 bits per heavy atom. The molecule has 2 heterocycles. The van der Waals surface area contributed by atoms with Crippen LogP contribution in [-0.2, 0) is 23.3 Å². The van der Waals surface area contributed by atoms with Crippen molar-refractivity contribution in [1.29, 1.82) is 0 Å². The molecule has 1 amide bonds. The molecule has 1 aromatic heterocycles. The first-order valence-corrected chi connectivity index (χ1v) is 13.5. The fourth-order valence-corrected chi connectivity index (χ4v) is 5.95. The first-order valence-electron chi connectivity index (χ1n) is 10.6. The molecule has 33 heavy (non-hydrogen) atoms. The van der Waals surface area contributed by atoms with Gasteiger partial charge in [-0.1, -0.05) is 59.2 Å². The van der Waals surface area contributed by atoms with Gasteiger partial charge in [0.25, 0.3) is 0 Å². The van der Waals surface area contributed by atoms with Crippen molar-refractivity contribution in [3.05, 3.63) is 70.0 Å². The summed E-state index contributed by atoms with van der Waals surface area (Å²) in [5.41, 5.74) is 2.25. The van der Waals surface area contributed by atoms with Gasteiger partial charge in [-0.2, -0.15) is 0 Å². The van der Waals surface area contributed by atoms with Crippen molar-refractivity contribution < 1.29 is 4.79 Å². The van der Waals surface area contributed by atoms with Gasteiger partial charge in [0.2, 0.25) is 5.91 Å². The van der Waals surface area contributed by atoms with E-state index in [1.807, 2.05) is 46.8 Å². The van der Waals surface area contributed by atoms with Crippen LogP contribution in [0, 0.1) is 0 Å². The molecule has 0 aliphatic carbocycles. The minimum Gasteiger partial charge on any atom is -0.368 e. The standard InChI is InChI=1S/C23H25Cl2N5OS2/c1-28-21(15-32-14-17-7-8-18(24)13-20(17)25)26-27-23(28)33-16-22(31)30-11-9-29(10-12-30)19-5-3-2-4-6-19/h2-8,13H,9-12,14-16H2,1H3. The topological polar surface area (TPSA) is 54.3 Å². The van der Waals surface area contributed by atoms with Gasteiger partial charge in [0.1, 0.15) is 5.82 Å².